The third kappa shape index (κ3) is 10.3. The Bertz CT molecular complexity index is 1470. The zero-order chi connectivity index (χ0) is 32.9. The van der Waals surface area contributed by atoms with Crippen LogP contribution in [0.5, 0.6) is 5.75 Å². The minimum absolute atomic E-state index is 0.00528. The molecule has 0 bridgehead atoms. The Kier molecular flexibility index (Phi) is 12.2. The maximum absolute atomic E-state index is 13.7. The molecule has 0 aromatic heterocycles. The highest BCUT2D eigenvalue weighted by molar-refractivity contribution is 5.86. The molecule has 8 heteroatoms. The van der Waals surface area contributed by atoms with Crippen molar-refractivity contribution in [1.29, 1.82) is 0 Å². The lowest BCUT2D eigenvalue weighted by Gasteiger charge is -2.29. The average Bonchev–Trinajstić information content (AvgIpc) is 3.56. The van der Waals surface area contributed by atoms with Gasteiger partial charge in [-0.1, -0.05) is 97.8 Å². The lowest BCUT2D eigenvalue weighted by atomic mass is 9.93. The molecule has 0 spiro atoms. The van der Waals surface area contributed by atoms with E-state index in [2.05, 4.69) is 10.6 Å². The van der Waals surface area contributed by atoms with E-state index >= 15 is 0 Å². The van der Waals surface area contributed by atoms with E-state index in [1.54, 1.807) is 0 Å². The molecule has 248 valence electrons. The number of hydrogen-bond donors (Lipinski definition) is 3. The molecular formula is C39H46N2O6. The van der Waals surface area contributed by atoms with Crippen LogP contribution in [0.3, 0.4) is 0 Å². The highest BCUT2D eigenvalue weighted by Crippen LogP contribution is 2.29. The van der Waals surface area contributed by atoms with Crippen LogP contribution in [-0.2, 0) is 38.6 Å². The number of allylic oxidation sites excluding steroid dienone is 2. The fourth-order valence-electron chi connectivity index (χ4n) is 6.43. The molecule has 3 atom stereocenters. The minimum Gasteiger partial charge on any atom is -0.489 e. The summed E-state index contributed by atoms with van der Waals surface area (Å²) in [6.45, 7) is 0.363. The van der Waals surface area contributed by atoms with E-state index in [9.17, 15) is 19.5 Å². The first kappa shape index (κ1) is 33.9. The summed E-state index contributed by atoms with van der Waals surface area (Å²) in [4.78, 5) is 40.2. The zero-order valence-electron chi connectivity index (χ0n) is 26.9. The van der Waals surface area contributed by atoms with E-state index in [1.807, 2.05) is 97.1 Å². The number of ether oxygens (including phenoxy) is 2. The zero-order valence-corrected chi connectivity index (χ0v) is 26.9. The molecule has 3 aromatic carbocycles. The van der Waals surface area contributed by atoms with Crippen molar-refractivity contribution >= 4 is 17.8 Å². The Morgan fingerprint density at radius 3 is 2.11 bits per heavy atom. The van der Waals surface area contributed by atoms with Crippen molar-refractivity contribution in [2.75, 3.05) is 13.2 Å². The van der Waals surface area contributed by atoms with Crippen molar-refractivity contribution < 1.29 is 29.0 Å². The molecule has 8 nitrogen and oxygen atoms in total. The van der Waals surface area contributed by atoms with Gasteiger partial charge in [0.15, 0.2) is 0 Å². The summed E-state index contributed by atoms with van der Waals surface area (Å²) < 4.78 is 11.8. The second-order valence-corrected chi connectivity index (χ2v) is 12.9. The number of amides is 2. The van der Waals surface area contributed by atoms with E-state index in [0.29, 0.717) is 32.3 Å². The summed E-state index contributed by atoms with van der Waals surface area (Å²) in [5.41, 5.74) is 2.47. The summed E-state index contributed by atoms with van der Waals surface area (Å²) in [7, 11) is 0. The number of esters is 1. The maximum Gasteiger partial charge on any atom is 0.309 e. The minimum atomic E-state index is -0.609. The van der Waals surface area contributed by atoms with E-state index < -0.39 is 17.5 Å². The molecule has 5 rings (SSSR count). The predicted molar refractivity (Wildman–Crippen MR) is 180 cm³/mol. The summed E-state index contributed by atoms with van der Waals surface area (Å²) in [6.07, 6.45) is 9.00. The molecule has 1 aliphatic carbocycles. The van der Waals surface area contributed by atoms with Gasteiger partial charge in [-0.05, 0) is 67.3 Å². The number of rotatable bonds is 11. The standard InChI is InChI=1S/C39H46N2O6/c42-28-39(21-9-10-22-39)41-36(43)25-32-15-7-8-16-33(23-29-11-3-1-4-12-29)38(45)47-27-34(40-37(32)44)24-30-17-19-35(20-18-30)46-26-31-13-5-2-6-14-31/h1-8,11-14,17-20,32-34,42H,9-10,15-16,21-28H2,(H,40,44)(H,41,43)/t32-,33+,34+/m1/s1. The molecule has 0 radical (unpaired) electrons. The van der Waals surface area contributed by atoms with Gasteiger partial charge < -0.3 is 25.2 Å². The molecule has 47 heavy (non-hydrogen) atoms. The first-order chi connectivity index (χ1) is 22.9. The van der Waals surface area contributed by atoms with Crippen molar-refractivity contribution in [3.8, 4) is 5.75 Å². The fourth-order valence-corrected chi connectivity index (χ4v) is 6.43. The number of carbonyl (C=O) groups is 3. The molecule has 1 saturated carbocycles. The Morgan fingerprint density at radius 1 is 0.830 bits per heavy atom. The van der Waals surface area contributed by atoms with Gasteiger partial charge in [-0.15, -0.1) is 0 Å². The Labute approximate surface area is 277 Å². The largest absolute Gasteiger partial charge is 0.489 e. The van der Waals surface area contributed by atoms with Crippen molar-refractivity contribution in [1.82, 2.24) is 10.6 Å². The highest BCUT2D eigenvalue weighted by atomic mass is 16.5. The van der Waals surface area contributed by atoms with E-state index in [-0.39, 0.29) is 43.3 Å². The van der Waals surface area contributed by atoms with Crippen molar-refractivity contribution in [2.24, 2.45) is 11.8 Å². The molecule has 1 heterocycles. The number of aliphatic hydroxyl groups is 1. The highest BCUT2D eigenvalue weighted by Gasteiger charge is 2.36. The molecule has 0 saturated heterocycles. The normalized spacial score (nSPS) is 21.5. The summed E-state index contributed by atoms with van der Waals surface area (Å²) >= 11 is 0. The van der Waals surface area contributed by atoms with Crippen LogP contribution in [0.2, 0.25) is 0 Å². The third-order valence-corrected chi connectivity index (χ3v) is 9.16. The maximum atomic E-state index is 13.7. The van der Waals surface area contributed by atoms with Gasteiger partial charge in [0, 0.05) is 6.42 Å². The second-order valence-electron chi connectivity index (χ2n) is 12.9. The van der Waals surface area contributed by atoms with Crippen molar-refractivity contribution in [3.05, 3.63) is 114 Å². The van der Waals surface area contributed by atoms with Gasteiger partial charge in [-0.2, -0.15) is 0 Å². The van der Waals surface area contributed by atoms with Crippen LogP contribution in [0.1, 0.15) is 61.6 Å². The Balaban J connectivity index is 1.29. The molecule has 3 N–H and O–H groups in total. The van der Waals surface area contributed by atoms with Gasteiger partial charge in [0.05, 0.1) is 30.0 Å². The summed E-state index contributed by atoms with van der Waals surface area (Å²) in [5, 5.41) is 16.1. The number of hydrogen-bond acceptors (Lipinski definition) is 6. The van der Waals surface area contributed by atoms with Crippen LogP contribution in [0.4, 0.5) is 0 Å². The SMILES string of the molecule is O=C(C[C@H]1CC=CC[C@@H](Cc2ccccc2)C(=O)OC[C@H](Cc2ccc(OCc3ccccc3)cc2)NC1=O)NC1(CO)CCCC1. The lowest BCUT2D eigenvalue weighted by Crippen LogP contribution is -2.50. The van der Waals surface area contributed by atoms with Crippen LogP contribution in [0, 0.1) is 11.8 Å². The molecule has 1 aliphatic heterocycles. The van der Waals surface area contributed by atoms with Crippen LogP contribution >= 0.6 is 0 Å². The predicted octanol–water partition coefficient (Wildman–Crippen LogP) is 5.47. The van der Waals surface area contributed by atoms with Crippen LogP contribution in [0.15, 0.2) is 97.1 Å². The van der Waals surface area contributed by atoms with Gasteiger partial charge >= 0.3 is 5.97 Å². The van der Waals surface area contributed by atoms with Gasteiger partial charge in [0.25, 0.3) is 0 Å². The van der Waals surface area contributed by atoms with Crippen LogP contribution < -0.4 is 15.4 Å². The number of cyclic esters (lactones) is 1. The first-order valence-electron chi connectivity index (χ1n) is 16.7. The van der Waals surface area contributed by atoms with Crippen LogP contribution in [-0.4, -0.2) is 47.7 Å². The van der Waals surface area contributed by atoms with E-state index in [1.165, 1.54) is 0 Å². The molecular weight excluding hydrogens is 592 g/mol. The second kappa shape index (κ2) is 16.9. The topological polar surface area (TPSA) is 114 Å². The number of carbonyl (C=O) groups excluding carboxylic acids is 3. The van der Waals surface area contributed by atoms with Crippen LogP contribution in [0.25, 0.3) is 0 Å². The molecule has 0 unspecified atom stereocenters. The molecule has 2 aliphatic rings. The molecule has 2 amide bonds. The smallest absolute Gasteiger partial charge is 0.309 e. The third-order valence-electron chi connectivity index (χ3n) is 9.16. The Morgan fingerprint density at radius 2 is 1.45 bits per heavy atom. The molecule has 1 fully saturated rings. The van der Waals surface area contributed by atoms with Gasteiger partial charge in [-0.3, -0.25) is 14.4 Å². The number of nitrogens with one attached hydrogen (secondary N) is 2. The van der Waals surface area contributed by atoms with Crippen molar-refractivity contribution in [2.45, 2.75) is 76.0 Å². The van der Waals surface area contributed by atoms with Gasteiger partial charge in [0.1, 0.15) is 19.0 Å². The monoisotopic (exact) mass is 638 g/mol. The first-order valence-corrected chi connectivity index (χ1v) is 16.7. The number of aliphatic hydroxyl groups excluding tert-OH is 1. The molecule has 3 aromatic rings. The fraction of sp³-hybridized carbons (Fsp3) is 0.410. The summed E-state index contributed by atoms with van der Waals surface area (Å²) in [5.74, 6) is -1.06. The van der Waals surface area contributed by atoms with Gasteiger partial charge in [0.2, 0.25) is 11.8 Å². The Hall–Kier alpha value is -4.43. The quantitative estimate of drug-likeness (QED) is 0.190. The van der Waals surface area contributed by atoms with Crippen molar-refractivity contribution in [3.63, 3.8) is 0 Å². The lowest BCUT2D eigenvalue weighted by molar-refractivity contribution is -0.150. The number of benzene rings is 3. The summed E-state index contributed by atoms with van der Waals surface area (Å²) in [6, 6.07) is 27.0. The van der Waals surface area contributed by atoms with E-state index in [0.717, 1.165) is 48.1 Å². The average molecular weight is 639 g/mol. The van der Waals surface area contributed by atoms with Gasteiger partial charge in [-0.25, -0.2) is 0 Å². The van der Waals surface area contributed by atoms with E-state index in [4.69, 9.17) is 9.47 Å².